The van der Waals surface area contributed by atoms with Gasteiger partial charge in [-0.2, -0.15) is 0 Å². The summed E-state index contributed by atoms with van der Waals surface area (Å²) < 4.78 is 0. The first kappa shape index (κ1) is 18.3. The molecule has 1 aromatic carbocycles. The van der Waals surface area contributed by atoms with Crippen molar-refractivity contribution in [3.8, 4) is 0 Å². The summed E-state index contributed by atoms with van der Waals surface area (Å²) in [5, 5.41) is 0.0351. The minimum Gasteiger partial charge on any atom is -0.343 e. The van der Waals surface area contributed by atoms with Gasteiger partial charge in [0.1, 0.15) is 5.37 Å². The second-order valence-electron chi connectivity index (χ2n) is 7.96. The fraction of sp³-hybridized carbons (Fsp3) is 0.600. The van der Waals surface area contributed by atoms with E-state index in [4.69, 9.17) is 0 Å². The lowest BCUT2D eigenvalue weighted by molar-refractivity contribution is -0.132. The highest BCUT2D eigenvalue weighted by atomic mass is 32.2. The molecule has 2 aliphatic rings. The quantitative estimate of drug-likeness (QED) is 0.824. The third kappa shape index (κ3) is 4.20. The first-order valence-electron chi connectivity index (χ1n) is 9.15. The fourth-order valence-electron chi connectivity index (χ4n) is 3.46. The number of carbonyl (C=O) groups is 2. The lowest BCUT2D eigenvalue weighted by Gasteiger charge is -2.26. The molecule has 1 aromatic rings. The molecule has 0 unspecified atom stereocenters. The number of hydrogen-bond acceptors (Lipinski definition) is 3. The van der Waals surface area contributed by atoms with E-state index in [9.17, 15) is 9.59 Å². The van der Waals surface area contributed by atoms with Crippen molar-refractivity contribution in [3.05, 3.63) is 35.4 Å². The van der Waals surface area contributed by atoms with Gasteiger partial charge in [0.2, 0.25) is 11.8 Å². The Hall–Kier alpha value is -1.49. The van der Waals surface area contributed by atoms with Gasteiger partial charge in [-0.15, -0.1) is 11.8 Å². The number of nitrogens with zero attached hydrogens (tertiary/aromatic N) is 2. The van der Waals surface area contributed by atoms with Gasteiger partial charge in [-0.1, -0.05) is 45.0 Å². The van der Waals surface area contributed by atoms with Gasteiger partial charge < -0.3 is 9.80 Å². The SMILES string of the molecule is CC(C)(C)c1ccc([C@@H]2SCC(=O)N2CCC(=O)N2CCCC2)cc1. The molecular weight excluding hydrogens is 332 g/mol. The topological polar surface area (TPSA) is 40.6 Å². The lowest BCUT2D eigenvalue weighted by Crippen LogP contribution is -2.34. The minimum absolute atomic E-state index is 0.0351. The molecule has 0 bridgehead atoms. The van der Waals surface area contributed by atoms with E-state index in [1.54, 1.807) is 11.8 Å². The molecule has 5 heteroatoms. The average Bonchev–Trinajstić information content (AvgIpc) is 3.22. The Morgan fingerprint density at radius 2 is 1.80 bits per heavy atom. The van der Waals surface area contributed by atoms with E-state index in [0.29, 0.717) is 18.7 Å². The molecule has 3 rings (SSSR count). The molecule has 2 heterocycles. The molecule has 0 aliphatic carbocycles. The maximum absolute atomic E-state index is 12.3. The Balaban J connectivity index is 1.66. The number of thioether (sulfide) groups is 1. The van der Waals surface area contributed by atoms with Crippen molar-refractivity contribution in [2.75, 3.05) is 25.4 Å². The zero-order valence-corrected chi connectivity index (χ0v) is 16.3. The normalized spacial score (nSPS) is 21.2. The summed E-state index contributed by atoms with van der Waals surface area (Å²) in [5.41, 5.74) is 2.57. The Bertz CT molecular complexity index is 630. The molecule has 2 fully saturated rings. The zero-order valence-electron chi connectivity index (χ0n) is 15.5. The number of rotatable bonds is 4. The first-order chi connectivity index (χ1) is 11.9. The van der Waals surface area contributed by atoms with Gasteiger partial charge in [0.15, 0.2) is 0 Å². The van der Waals surface area contributed by atoms with Crippen LogP contribution in [0.4, 0.5) is 0 Å². The van der Waals surface area contributed by atoms with E-state index in [2.05, 4.69) is 45.0 Å². The van der Waals surface area contributed by atoms with Gasteiger partial charge in [0.25, 0.3) is 0 Å². The van der Waals surface area contributed by atoms with Gasteiger partial charge in [0.05, 0.1) is 5.75 Å². The molecule has 0 radical (unpaired) electrons. The molecular formula is C20H28N2O2S. The van der Waals surface area contributed by atoms with Gasteiger partial charge in [-0.3, -0.25) is 9.59 Å². The third-order valence-corrected chi connectivity index (χ3v) is 6.31. The lowest BCUT2D eigenvalue weighted by atomic mass is 9.86. The Kier molecular flexibility index (Phi) is 5.42. The standard InChI is InChI=1S/C20H28N2O2S/c1-20(2,3)16-8-6-15(7-9-16)19-22(18(24)14-25-19)13-10-17(23)21-11-4-5-12-21/h6-9,19H,4-5,10-14H2,1-3H3/t19-/m0/s1. The largest absolute Gasteiger partial charge is 0.343 e. The number of hydrogen-bond donors (Lipinski definition) is 0. The summed E-state index contributed by atoms with van der Waals surface area (Å²) in [7, 11) is 0. The maximum atomic E-state index is 12.3. The molecule has 1 atom stereocenters. The highest BCUT2D eigenvalue weighted by Crippen LogP contribution is 2.39. The van der Waals surface area contributed by atoms with E-state index >= 15 is 0 Å². The van der Waals surface area contributed by atoms with Gasteiger partial charge in [-0.05, 0) is 29.4 Å². The van der Waals surface area contributed by atoms with Crippen LogP contribution in [0.15, 0.2) is 24.3 Å². The highest BCUT2D eigenvalue weighted by molar-refractivity contribution is 8.00. The summed E-state index contributed by atoms with van der Waals surface area (Å²) in [5.74, 6) is 0.831. The van der Waals surface area contributed by atoms with Crippen molar-refractivity contribution < 1.29 is 9.59 Å². The summed E-state index contributed by atoms with van der Waals surface area (Å²) in [6, 6.07) is 8.58. The van der Waals surface area contributed by atoms with Crippen molar-refractivity contribution in [1.29, 1.82) is 0 Å². The summed E-state index contributed by atoms with van der Waals surface area (Å²) >= 11 is 1.66. The molecule has 2 saturated heterocycles. The van der Waals surface area contributed by atoms with Gasteiger partial charge in [-0.25, -0.2) is 0 Å². The van der Waals surface area contributed by atoms with Crippen LogP contribution in [-0.2, 0) is 15.0 Å². The fourth-order valence-corrected chi connectivity index (χ4v) is 4.68. The van der Waals surface area contributed by atoms with Crippen LogP contribution in [0.1, 0.15) is 56.5 Å². The predicted molar refractivity (Wildman–Crippen MR) is 102 cm³/mol. The van der Waals surface area contributed by atoms with Crippen LogP contribution in [0, 0.1) is 0 Å². The molecule has 2 amide bonds. The molecule has 2 aliphatic heterocycles. The highest BCUT2D eigenvalue weighted by Gasteiger charge is 2.33. The monoisotopic (exact) mass is 360 g/mol. The van der Waals surface area contributed by atoms with Crippen LogP contribution in [-0.4, -0.2) is 47.0 Å². The van der Waals surface area contributed by atoms with Crippen molar-refractivity contribution in [1.82, 2.24) is 9.80 Å². The van der Waals surface area contributed by atoms with E-state index in [-0.39, 0.29) is 22.6 Å². The number of benzene rings is 1. The second-order valence-corrected chi connectivity index (χ2v) is 9.03. The van der Waals surface area contributed by atoms with Crippen molar-refractivity contribution >= 4 is 23.6 Å². The minimum atomic E-state index is 0.0351. The van der Waals surface area contributed by atoms with Crippen LogP contribution < -0.4 is 0 Å². The maximum Gasteiger partial charge on any atom is 0.233 e. The summed E-state index contributed by atoms with van der Waals surface area (Å²) in [6.45, 7) is 8.87. The number of amides is 2. The Morgan fingerprint density at radius 1 is 1.16 bits per heavy atom. The van der Waals surface area contributed by atoms with E-state index < -0.39 is 0 Å². The predicted octanol–water partition coefficient (Wildman–Crippen LogP) is 3.57. The first-order valence-corrected chi connectivity index (χ1v) is 10.2. The van der Waals surface area contributed by atoms with Crippen LogP contribution in [0.5, 0.6) is 0 Å². The van der Waals surface area contributed by atoms with E-state index in [1.165, 1.54) is 5.56 Å². The molecule has 0 N–H and O–H groups in total. The summed E-state index contributed by atoms with van der Waals surface area (Å²) in [6.07, 6.45) is 2.64. The van der Waals surface area contributed by atoms with Crippen molar-refractivity contribution in [2.45, 2.75) is 50.8 Å². The smallest absolute Gasteiger partial charge is 0.233 e. The molecule has 25 heavy (non-hydrogen) atoms. The number of carbonyl (C=O) groups excluding carboxylic acids is 2. The summed E-state index contributed by atoms with van der Waals surface area (Å²) in [4.78, 5) is 28.4. The second kappa shape index (κ2) is 7.40. The Morgan fingerprint density at radius 3 is 2.40 bits per heavy atom. The average molecular weight is 361 g/mol. The molecule has 0 saturated carbocycles. The van der Waals surface area contributed by atoms with Crippen molar-refractivity contribution in [2.24, 2.45) is 0 Å². The van der Waals surface area contributed by atoms with Gasteiger partial charge >= 0.3 is 0 Å². The third-order valence-electron chi connectivity index (χ3n) is 5.06. The van der Waals surface area contributed by atoms with Crippen LogP contribution in [0.2, 0.25) is 0 Å². The zero-order chi connectivity index (χ0) is 18.0. The van der Waals surface area contributed by atoms with E-state index in [0.717, 1.165) is 31.5 Å². The van der Waals surface area contributed by atoms with Crippen molar-refractivity contribution in [3.63, 3.8) is 0 Å². The number of likely N-dealkylation sites (tertiary alicyclic amines) is 1. The Labute approximate surface area is 154 Å². The molecule has 4 nitrogen and oxygen atoms in total. The van der Waals surface area contributed by atoms with E-state index in [1.807, 2.05) is 9.80 Å². The van der Waals surface area contributed by atoms with Crippen LogP contribution in [0.3, 0.4) is 0 Å². The van der Waals surface area contributed by atoms with Crippen LogP contribution >= 0.6 is 11.8 Å². The van der Waals surface area contributed by atoms with Gasteiger partial charge in [0, 0.05) is 26.1 Å². The van der Waals surface area contributed by atoms with Crippen LogP contribution in [0.25, 0.3) is 0 Å². The molecule has 0 spiro atoms. The molecule has 0 aromatic heterocycles. The molecule has 136 valence electrons.